The lowest BCUT2D eigenvalue weighted by Gasteiger charge is -2.42. The third-order valence-corrected chi connectivity index (χ3v) is 7.87. The lowest BCUT2D eigenvalue weighted by molar-refractivity contribution is 0.122. The molecule has 1 saturated carbocycles. The van der Waals surface area contributed by atoms with E-state index in [2.05, 4.69) is 22.3 Å². The van der Waals surface area contributed by atoms with Gasteiger partial charge in [-0.3, -0.25) is 0 Å². The molecule has 2 N–H and O–H groups in total. The number of fused-ring (bicyclic) bond motifs is 1. The molecule has 4 aromatic rings. The predicted octanol–water partition coefficient (Wildman–Crippen LogP) is 5.76. The number of carboxylic acid groups (broad SMARTS) is 1. The average molecular weight is 517 g/mol. The second-order valence-corrected chi connectivity index (χ2v) is 10.2. The van der Waals surface area contributed by atoms with Crippen LogP contribution < -0.4 is 10.2 Å². The highest BCUT2D eigenvalue weighted by Gasteiger charge is 2.40. The fourth-order valence-electron chi connectivity index (χ4n) is 5.30. The van der Waals surface area contributed by atoms with Crippen LogP contribution >= 0.6 is 11.8 Å². The SMILES string of the molecule is CSc1nc(N2CCOCC2)c2c(-c3ccccc3)c(-c3ccc(C4(NC(=O)O)CCC4)cc3)oc2n1. The second-order valence-electron chi connectivity index (χ2n) is 9.43. The zero-order valence-electron chi connectivity index (χ0n) is 20.6. The Bertz CT molecular complexity index is 1430. The van der Waals surface area contributed by atoms with Crippen molar-refractivity contribution in [3.05, 3.63) is 60.2 Å². The summed E-state index contributed by atoms with van der Waals surface area (Å²) in [6, 6.07) is 18.2. The van der Waals surface area contributed by atoms with Crippen LogP contribution in [0.25, 0.3) is 33.6 Å². The number of hydrogen-bond donors (Lipinski definition) is 2. The normalized spacial score (nSPS) is 16.9. The summed E-state index contributed by atoms with van der Waals surface area (Å²) < 4.78 is 12.1. The van der Waals surface area contributed by atoms with Crippen molar-refractivity contribution in [2.45, 2.75) is 30.0 Å². The number of benzene rings is 2. The van der Waals surface area contributed by atoms with Crippen molar-refractivity contribution in [1.29, 1.82) is 0 Å². The molecule has 1 aliphatic heterocycles. The van der Waals surface area contributed by atoms with Gasteiger partial charge in [0.15, 0.2) is 5.16 Å². The number of carbonyl (C=O) groups is 1. The number of anilines is 1. The lowest BCUT2D eigenvalue weighted by atomic mass is 9.72. The largest absolute Gasteiger partial charge is 0.465 e. The third kappa shape index (κ3) is 4.32. The number of furan rings is 1. The van der Waals surface area contributed by atoms with E-state index in [4.69, 9.17) is 19.1 Å². The number of ether oxygens (including phenoxy) is 1. The highest BCUT2D eigenvalue weighted by atomic mass is 32.2. The highest BCUT2D eigenvalue weighted by molar-refractivity contribution is 7.98. The minimum atomic E-state index is -0.994. The monoisotopic (exact) mass is 516 g/mol. The van der Waals surface area contributed by atoms with E-state index in [1.807, 2.05) is 48.7 Å². The molecule has 8 nitrogen and oxygen atoms in total. The van der Waals surface area contributed by atoms with Crippen LogP contribution in [0.1, 0.15) is 24.8 Å². The van der Waals surface area contributed by atoms with Crippen molar-refractivity contribution < 1.29 is 19.1 Å². The zero-order valence-corrected chi connectivity index (χ0v) is 21.4. The summed E-state index contributed by atoms with van der Waals surface area (Å²) in [7, 11) is 0. The van der Waals surface area contributed by atoms with Crippen LogP contribution in [0.4, 0.5) is 10.6 Å². The number of aromatic nitrogens is 2. The van der Waals surface area contributed by atoms with E-state index >= 15 is 0 Å². The number of rotatable bonds is 6. The number of morpholine rings is 1. The van der Waals surface area contributed by atoms with Crippen LogP contribution in [-0.4, -0.2) is 53.7 Å². The standard InChI is InChI=1S/C28H28N4O4S/c1-37-26-29-24(32-14-16-35-17-15-32)22-21(18-6-3-2-4-7-18)23(36-25(22)30-26)19-8-10-20(11-9-19)28(12-5-13-28)31-27(33)34/h2-4,6-11,31H,5,12-17H2,1H3,(H,33,34). The molecule has 0 bridgehead atoms. The molecular formula is C28H28N4O4S. The van der Waals surface area contributed by atoms with Gasteiger partial charge >= 0.3 is 6.09 Å². The van der Waals surface area contributed by atoms with Gasteiger partial charge in [0.05, 0.1) is 24.1 Å². The van der Waals surface area contributed by atoms with E-state index in [0.29, 0.717) is 24.1 Å². The summed E-state index contributed by atoms with van der Waals surface area (Å²) in [5.41, 5.74) is 3.91. The van der Waals surface area contributed by atoms with Gasteiger partial charge < -0.3 is 24.5 Å². The molecule has 6 rings (SSSR count). The number of nitrogens with zero attached hydrogens (tertiary/aromatic N) is 3. The summed E-state index contributed by atoms with van der Waals surface area (Å²) in [6.07, 6.45) is 3.58. The maximum absolute atomic E-state index is 11.4. The first kappa shape index (κ1) is 23.8. The third-order valence-electron chi connectivity index (χ3n) is 7.32. The first-order valence-electron chi connectivity index (χ1n) is 12.5. The molecule has 2 aliphatic rings. The van der Waals surface area contributed by atoms with Crippen LogP contribution in [-0.2, 0) is 10.3 Å². The number of thioether (sulfide) groups is 1. The van der Waals surface area contributed by atoms with Crippen molar-refractivity contribution in [1.82, 2.24) is 15.3 Å². The first-order valence-corrected chi connectivity index (χ1v) is 13.7. The Hall–Kier alpha value is -3.56. The molecule has 0 atom stereocenters. The molecule has 3 heterocycles. The van der Waals surface area contributed by atoms with Gasteiger partial charge in [-0.25, -0.2) is 9.78 Å². The molecule has 0 unspecified atom stereocenters. The summed E-state index contributed by atoms with van der Waals surface area (Å²) in [6.45, 7) is 2.81. The molecule has 0 spiro atoms. The van der Waals surface area contributed by atoms with Gasteiger partial charge in [-0.15, -0.1) is 0 Å². The minimum absolute atomic E-state index is 0.511. The van der Waals surface area contributed by atoms with E-state index in [-0.39, 0.29) is 0 Å². The van der Waals surface area contributed by atoms with E-state index in [0.717, 1.165) is 71.6 Å². The topological polar surface area (TPSA) is 101 Å². The van der Waals surface area contributed by atoms with Crippen molar-refractivity contribution in [3.8, 4) is 22.5 Å². The number of amides is 1. The summed E-state index contributed by atoms with van der Waals surface area (Å²) in [5.74, 6) is 1.59. The molecule has 2 aromatic heterocycles. The predicted molar refractivity (Wildman–Crippen MR) is 144 cm³/mol. The average Bonchev–Trinajstić information content (AvgIpc) is 3.30. The molecule has 2 fully saturated rings. The maximum Gasteiger partial charge on any atom is 0.405 e. The van der Waals surface area contributed by atoms with Gasteiger partial charge in [-0.1, -0.05) is 66.4 Å². The summed E-state index contributed by atoms with van der Waals surface area (Å²) in [4.78, 5) is 23.4. The molecule has 190 valence electrons. The molecule has 2 aromatic carbocycles. The minimum Gasteiger partial charge on any atom is -0.465 e. The van der Waals surface area contributed by atoms with Crippen LogP contribution in [0.5, 0.6) is 0 Å². The Morgan fingerprint density at radius 3 is 2.38 bits per heavy atom. The van der Waals surface area contributed by atoms with E-state index in [1.54, 1.807) is 0 Å². The van der Waals surface area contributed by atoms with Crippen LogP contribution in [0.15, 0.2) is 64.2 Å². The molecule has 0 radical (unpaired) electrons. The Balaban J connectivity index is 1.52. The number of hydrogen-bond acceptors (Lipinski definition) is 7. The summed E-state index contributed by atoms with van der Waals surface area (Å²) >= 11 is 1.49. The smallest absolute Gasteiger partial charge is 0.405 e. The van der Waals surface area contributed by atoms with Gasteiger partial charge in [-0.05, 0) is 36.6 Å². The summed E-state index contributed by atoms with van der Waals surface area (Å²) in [5, 5.41) is 13.7. The van der Waals surface area contributed by atoms with Gasteiger partial charge in [0.1, 0.15) is 11.6 Å². The van der Waals surface area contributed by atoms with Gasteiger partial charge in [0.2, 0.25) is 5.71 Å². The van der Waals surface area contributed by atoms with Gasteiger partial charge in [-0.2, -0.15) is 4.98 Å². The van der Waals surface area contributed by atoms with Crippen LogP contribution in [0, 0.1) is 0 Å². The van der Waals surface area contributed by atoms with Crippen molar-refractivity contribution in [3.63, 3.8) is 0 Å². The molecule has 1 amide bonds. The Morgan fingerprint density at radius 1 is 1.03 bits per heavy atom. The fraction of sp³-hybridized carbons (Fsp3) is 0.321. The highest BCUT2D eigenvalue weighted by Crippen LogP contribution is 2.46. The first-order chi connectivity index (χ1) is 18.1. The quantitative estimate of drug-likeness (QED) is 0.246. The van der Waals surface area contributed by atoms with Crippen molar-refractivity contribution >= 4 is 34.8 Å². The molecule has 1 saturated heterocycles. The molecule has 1 aliphatic carbocycles. The van der Waals surface area contributed by atoms with Crippen LogP contribution in [0.2, 0.25) is 0 Å². The van der Waals surface area contributed by atoms with E-state index in [1.165, 1.54) is 11.8 Å². The lowest BCUT2D eigenvalue weighted by Crippen LogP contribution is -2.50. The van der Waals surface area contributed by atoms with Crippen molar-refractivity contribution in [2.75, 3.05) is 37.5 Å². The van der Waals surface area contributed by atoms with Gasteiger partial charge in [0.25, 0.3) is 0 Å². The Kier molecular flexibility index (Phi) is 6.26. The molecule has 37 heavy (non-hydrogen) atoms. The Labute approximate surface area is 219 Å². The zero-order chi connectivity index (χ0) is 25.4. The Morgan fingerprint density at radius 2 is 1.76 bits per heavy atom. The maximum atomic E-state index is 11.4. The van der Waals surface area contributed by atoms with Crippen LogP contribution in [0.3, 0.4) is 0 Å². The van der Waals surface area contributed by atoms with E-state index in [9.17, 15) is 9.90 Å². The van der Waals surface area contributed by atoms with Crippen molar-refractivity contribution in [2.24, 2.45) is 0 Å². The molecular weight excluding hydrogens is 488 g/mol. The second kappa shape index (κ2) is 9.72. The van der Waals surface area contributed by atoms with E-state index < -0.39 is 11.6 Å². The van der Waals surface area contributed by atoms with Gasteiger partial charge in [0, 0.05) is 24.2 Å². The fourth-order valence-corrected chi connectivity index (χ4v) is 5.66. The molecule has 9 heteroatoms. The number of nitrogens with one attached hydrogen (secondary N) is 1.